The molecule has 29 heavy (non-hydrogen) atoms. The highest BCUT2D eigenvalue weighted by Gasteiger charge is 2.25. The van der Waals surface area contributed by atoms with Crippen molar-refractivity contribution >= 4 is 33.7 Å². The molecule has 0 unspecified atom stereocenters. The molecule has 0 aliphatic rings. The van der Waals surface area contributed by atoms with E-state index in [1.165, 1.54) is 6.07 Å². The molecule has 2 aromatic rings. The molecule has 0 spiro atoms. The fourth-order valence-electron chi connectivity index (χ4n) is 2.50. The highest BCUT2D eigenvalue weighted by atomic mass is 79.9. The Kier molecular flexibility index (Phi) is 8.01. The molecule has 0 fully saturated rings. The van der Waals surface area contributed by atoms with Gasteiger partial charge in [0.2, 0.25) is 5.91 Å². The summed E-state index contributed by atoms with van der Waals surface area (Å²) in [7, 11) is 0. The minimum atomic E-state index is -0.914. The van der Waals surface area contributed by atoms with Crippen molar-refractivity contribution in [2.24, 2.45) is 0 Å². The summed E-state index contributed by atoms with van der Waals surface area (Å²) < 4.78 is 10.9. The molecular weight excluding hydrogens is 440 g/mol. The monoisotopic (exact) mass is 464 g/mol. The van der Waals surface area contributed by atoms with Crippen molar-refractivity contribution in [3.8, 4) is 0 Å². The number of carbonyl (C=O) groups is 3. The molecule has 1 aromatic carbocycles. The minimum Gasteiger partial charge on any atom is -0.460 e. The van der Waals surface area contributed by atoms with Gasteiger partial charge < -0.3 is 19.8 Å². The number of benzene rings is 1. The van der Waals surface area contributed by atoms with Crippen molar-refractivity contribution in [3.05, 3.63) is 58.5 Å². The first-order valence-electron chi connectivity index (χ1n) is 9.24. The molecule has 7 nitrogen and oxygen atoms in total. The molecule has 0 aliphatic heterocycles. The summed E-state index contributed by atoms with van der Waals surface area (Å²) in [5, 5.41) is 5.41. The summed E-state index contributed by atoms with van der Waals surface area (Å²) in [4.78, 5) is 37.1. The number of hydrogen-bond acceptors (Lipinski definition) is 5. The number of hydrogen-bond donors (Lipinski definition) is 2. The Balaban J connectivity index is 2.01. The Labute approximate surface area is 178 Å². The number of esters is 1. The largest absolute Gasteiger partial charge is 0.460 e. The van der Waals surface area contributed by atoms with Gasteiger partial charge in [0.15, 0.2) is 10.4 Å². The van der Waals surface area contributed by atoms with E-state index in [-0.39, 0.29) is 18.6 Å². The molecule has 0 aliphatic carbocycles. The van der Waals surface area contributed by atoms with Crippen molar-refractivity contribution < 1.29 is 23.5 Å². The van der Waals surface area contributed by atoms with Gasteiger partial charge in [0.05, 0.1) is 0 Å². The fourth-order valence-corrected chi connectivity index (χ4v) is 2.80. The number of nitrogens with one attached hydrogen (secondary N) is 2. The quantitative estimate of drug-likeness (QED) is 0.581. The smallest absolute Gasteiger partial charge is 0.306 e. The molecule has 2 N–H and O–H groups in total. The fraction of sp³-hybridized carbons (Fsp3) is 0.381. The van der Waals surface area contributed by atoms with Gasteiger partial charge in [-0.05, 0) is 60.8 Å². The number of ether oxygens (including phenoxy) is 1. The van der Waals surface area contributed by atoms with Crippen LogP contribution in [0.3, 0.4) is 0 Å². The van der Waals surface area contributed by atoms with Crippen LogP contribution in [0.15, 0.2) is 51.6 Å². The lowest BCUT2D eigenvalue weighted by Gasteiger charge is -2.21. The molecule has 2 amide bonds. The third-order valence-corrected chi connectivity index (χ3v) is 4.21. The van der Waals surface area contributed by atoms with Crippen LogP contribution >= 0.6 is 15.9 Å². The maximum absolute atomic E-state index is 12.7. The lowest BCUT2D eigenvalue weighted by atomic mass is 10.1. The van der Waals surface area contributed by atoms with Gasteiger partial charge in [-0.15, -0.1) is 0 Å². The molecule has 0 bridgehead atoms. The van der Waals surface area contributed by atoms with E-state index in [9.17, 15) is 14.4 Å². The zero-order valence-electron chi connectivity index (χ0n) is 16.7. The van der Waals surface area contributed by atoms with Crippen LogP contribution in [0.1, 0.15) is 49.7 Å². The van der Waals surface area contributed by atoms with E-state index in [2.05, 4.69) is 26.6 Å². The van der Waals surface area contributed by atoms with Gasteiger partial charge in [0, 0.05) is 13.0 Å². The second-order valence-corrected chi connectivity index (χ2v) is 8.24. The molecule has 1 atom stereocenters. The maximum atomic E-state index is 12.7. The van der Waals surface area contributed by atoms with Crippen LogP contribution in [0.2, 0.25) is 0 Å². The molecule has 2 rings (SSSR count). The van der Waals surface area contributed by atoms with Crippen molar-refractivity contribution in [3.63, 3.8) is 0 Å². The van der Waals surface area contributed by atoms with E-state index in [1.807, 2.05) is 30.3 Å². The van der Waals surface area contributed by atoms with Gasteiger partial charge in [-0.3, -0.25) is 14.4 Å². The lowest BCUT2D eigenvalue weighted by molar-refractivity contribution is -0.155. The first-order valence-corrected chi connectivity index (χ1v) is 10.0. The highest BCUT2D eigenvalue weighted by molar-refractivity contribution is 9.10. The molecule has 8 heteroatoms. The summed E-state index contributed by atoms with van der Waals surface area (Å²) in [6, 6.07) is 11.6. The molecule has 1 aromatic heterocycles. The van der Waals surface area contributed by atoms with Crippen LogP contribution in [0.5, 0.6) is 0 Å². The lowest BCUT2D eigenvalue weighted by Crippen LogP contribution is -2.46. The van der Waals surface area contributed by atoms with E-state index in [1.54, 1.807) is 26.8 Å². The Morgan fingerprint density at radius 2 is 1.79 bits per heavy atom. The van der Waals surface area contributed by atoms with E-state index in [0.29, 0.717) is 11.2 Å². The first-order chi connectivity index (χ1) is 13.6. The summed E-state index contributed by atoms with van der Waals surface area (Å²) in [6.07, 6.45) is 0.0893. The molecule has 156 valence electrons. The molecular formula is C21H25BrN2O5. The average molecular weight is 465 g/mol. The number of halogens is 1. The Bertz CT molecular complexity index is 842. The number of amides is 2. The standard InChI is InChI=1S/C21H25BrN2O5/c1-21(2,3)29-18(25)12-9-15(24-20(27)16-10-11-17(22)28-16)19(26)23-13-14-7-5-4-6-8-14/h4-8,10-11,15H,9,12-13H2,1-3H3,(H,23,26)(H,24,27)/t15-/m0/s1. The predicted octanol–water partition coefficient (Wildman–Crippen LogP) is 3.58. The average Bonchev–Trinajstić information content (AvgIpc) is 3.09. The Hall–Kier alpha value is -2.61. The van der Waals surface area contributed by atoms with Crippen LogP contribution in [-0.4, -0.2) is 29.4 Å². The SMILES string of the molecule is CC(C)(C)OC(=O)CC[C@H](NC(=O)c1ccc(Br)o1)C(=O)NCc1ccccc1. The first kappa shape index (κ1) is 22.7. The van der Waals surface area contributed by atoms with Crippen LogP contribution in [0.4, 0.5) is 0 Å². The van der Waals surface area contributed by atoms with Gasteiger partial charge in [-0.2, -0.15) is 0 Å². The van der Waals surface area contributed by atoms with Crippen molar-refractivity contribution in [2.75, 3.05) is 0 Å². The van der Waals surface area contributed by atoms with Crippen LogP contribution in [0, 0.1) is 0 Å². The van der Waals surface area contributed by atoms with E-state index in [0.717, 1.165) is 5.56 Å². The second-order valence-electron chi connectivity index (χ2n) is 7.46. The second kappa shape index (κ2) is 10.2. The van der Waals surface area contributed by atoms with Crippen LogP contribution < -0.4 is 10.6 Å². The number of rotatable bonds is 8. The molecule has 1 heterocycles. The van der Waals surface area contributed by atoms with Gasteiger partial charge in [0.25, 0.3) is 5.91 Å². The van der Waals surface area contributed by atoms with E-state index >= 15 is 0 Å². The Morgan fingerprint density at radius 3 is 2.38 bits per heavy atom. The van der Waals surface area contributed by atoms with E-state index < -0.39 is 29.4 Å². The zero-order chi connectivity index (χ0) is 21.4. The van der Waals surface area contributed by atoms with Crippen molar-refractivity contribution in [2.45, 2.75) is 51.8 Å². The van der Waals surface area contributed by atoms with Gasteiger partial charge in [0.1, 0.15) is 11.6 Å². The third-order valence-electron chi connectivity index (χ3n) is 3.79. The van der Waals surface area contributed by atoms with Crippen LogP contribution in [0.25, 0.3) is 0 Å². The molecule has 0 saturated carbocycles. The minimum absolute atomic E-state index is 0.0111. The van der Waals surface area contributed by atoms with Gasteiger partial charge in [-0.25, -0.2) is 0 Å². The molecule has 0 radical (unpaired) electrons. The van der Waals surface area contributed by atoms with Gasteiger partial charge in [-0.1, -0.05) is 30.3 Å². The number of furan rings is 1. The Morgan fingerprint density at radius 1 is 1.10 bits per heavy atom. The summed E-state index contributed by atoms with van der Waals surface area (Å²) >= 11 is 3.14. The summed E-state index contributed by atoms with van der Waals surface area (Å²) in [5.74, 6) is -1.31. The van der Waals surface area contributed by atoms with Gasteiger partial charge >= 0.3 is 5.97 Å². The predicted molar refractivity (Wildman–Crippen MR) is 111 cm³/mol. The third kappa shape index (κ3) is 8.11. The van der Waals surface area contributed by atoms with Crippen LogP contribution in [-0.2, 0) is 20.9 Å². The van der Waals surface area contributed by atoms with Crippen molar-refractivity contribution in [1.29, 1.82) is 0 Å². The maximum Gasteiger partial charge on any atom is 0.306 e. The summed E-state index contributed by atoms with van der Waals surface area (Å²) in [5.41, 5.74) is 0.305. The summed E-state index contributed by atoms with van der Waals surface area (Å²) in [6.45, 7) is 5.62. The zero-order valence-corrected chi connectivity index (χ0v) is 18.2. The highest BCUT2D eigenvalue weighted by Crippen LogP contribution is 2.15. The van der Waals surface area contributed by atoms with E-state index in [4.69, 9.17) is 9.15 Å². The topological polar surface area (TPSA) is 97.6 Å². The normalized spacial score (nSPS) is 12.1. The van der Waals surface area contributed by atoms with Crippen molar-refractivity contribution in [1.82, 2.24) is 10.6 Å². The number of carbonyl (C=O) groups excluding carboxylic acids is 3. The molecule has 0 saturated heterocycles.